The van der Waals surface area contributed by atoms with Crippen molar-refractivity contribution >= 4 is 34.2 Å². The van der Waals surface area contributed by atoms with Crippen LogP contribution in [0.5, 0.6) is 5.75 Å². The molecule has 7 nitrogen and oxygen atoms in total. The van der Waals surface area contributed by atoms with Crippen molar-refractivity contribution in [3.63, 3.8) is 0 Å². The van der Waals surface area contributed by atoms with Crippen LogP contribution in [-0.4, -0.2) is 34.2 Å². The molecule has 1 heterocycles. The van der Waals surface area contributed by atoms with Crippen LogP contribution < -0.4 is 15.6 Å². The van der Waals surface area contributed by atoms with Crippen molar-refractivity contribution in [2.45, 2.75) is 19.4 Å². The van der Waals surface area contributed by atoms with Crippen molar-refractivity contribution in [3.05, 3.63) is 23.5 Å². The second-order valence-electron chi connectivity index (χ2n) is 4.49. The van der Waals surface area contributed by atoms with Crippen molar-refractivity contribution < 1.29 is 14.6 Å². The lowest BCUT2D eigenvalue weighted by molar-refractivity contribution is -0.120. The van der Waals surface area contributed by atoms with Crippen molar-refractivity contribution in [1.82, 2.24) is 9.97 Å². The van der Waals surface area contributed by atoms with E-state index in [-0.39, 0.29) is 17.5 Å². The van der Waals surface area contributed by atoms with E-state index in [2.05, 4.69) is 9.97 Å². The number of methoxy groups -OCH3 is 1. The van der Waals surface area contributed by atoms with E-state index in [4.69, 9.17) is 22.2 Å². The largest absolute Gasteiger partial charge is 0.494 e. The fraction of sp³-hybridized carbons (Fsp3) is 0.308. The maximum atomic E-state index is 12.0. The van der Waals surface area contributed by atoms with Gasteiger partial charge in [0.05, 0.1) is 19.6 Å². The summed E-state index contributed by atoms with van der Waals surface area (Å²) in [6.45, 7) is 1.50. The Morgan fingerprint density at radius 3 is 2.86 bits per heavy atom. The lowest BCUT2D eigenvalue weighted by atomic mass is 10.2. The zero-order chi connectivity index (χ0) is 15.6. The van der Waals surface area contributed by atoms with Crippen molar-refractivity contribution in [3.8, 4) is 5.75 Å². The molecule has 2 rings (SSSR count). The van der Waals surface area contributed by atoms with Crippen LogP contribution in [0.1, 0.15) is 13.3 Å². The number of hydrogen-bond acceptors (Lipinski definition) is 6. The third-order valence-electron chi connectivity index (χ3n) is 2.83. The van der Waals surface area contributed by atoms with E-state index in [1.54, 1.807) is 18.2 Å². The number of anilines is 1. The first-order valence-electron chi connectivity index (χ1n) is 6.20. The molecule has 112 valence electrons. The van der Waals surface area contributed by atoms with Crippen LogP contribution in [0.2, 0.25) is 5.28 Å². The number of aliphatic hydroxyl groups is 1. The lowest BCUT2D eigenvalue weighted by Crippen LogP contribution is -2.39. The summed E-state index contributed by atoms with van der Waals surface area (Å²) in [4.78, 5) is 20.1. The molecule has 1 aromatic heterocycles. The number of nitrogens with two attached hydrogens (primary N) is 1. The van der Waals surface area contributed by atoms with Gasteiger partial charge < -0.3 is 9.84 Å². The van der Waals surface area contributed by atoms with Crippen LogP contribution in [-0.2, 0) is 4.79 Å². The highest BCUT2D eigenvalue weighted by atomic mass is 35.5. The summed E-state index contributed by atoms with van der Waals surface area (Å²) in [5.41, 5.74) is 0.454. The molecule has 1 amide bonds. The first-order valence-corrected chi connectivity index (χ1v) is 6.57. The minimum atomic E-state index is -0.804. The quantitative estimate of drug-likeness (QED) is 0.382. The predicted molar refractivity (Wildman–Crippen MR) is 79.1 cm³/mol. The number of carbonyl (C=O) groups excluding carboxylic acids is 1. The molecule has 0 fully saturated rings. The number of carbonyl (C=O) groups is 1. The molecule has 0 saturated carbocycles. The zero-order valence-electron chi connectivity index (χ0n) is 11.6. The van der Waals surface area contributed by atoms with Crippen LogP contribution in [0.15, 0.2) is 18.2 Å². The molecule has 0 saturated heterocycles. The van der Waals surface area contributed by atoms with Gasteiger partial charge in [0.25, 0.3) is 0 Å². The van der Waals surface area contributed by atoms with Crippen LogP contribution in [0.4, 0.5) is 5.82 Å². The number of hydrazine groups is 1. The van der Waals surface area contributed by atoms with Gasteiger partial charge in [-0.05, 0) is 30.7 Å². The fourth-order valence-corrected chi connectivity index (χ4v) is 2.07. The Bertz CT molecular complexity index is 678. The Balaban J connectivity index is 2.55. The first-order chi connectivity index (χ1) is 9.93. The van der Waals surface area contributed by atoms with E-state index < -0.39 is 12.0 Å². The summed E-state index contributed by atoms with van der Waals surface area (Å²) in [5.74, 6) is 5.97. The standard InChI is InChI=1S/C13H15ClN4O3/c1-7(19)6-10(20)18(15)12-8-4-3-5-9(21-2)11(8)16-13(14)17-12/h3-5,7,19H,6,15H2,1-2H3. The van der Waals surface area contributed by atoms with Crippen molar-refractivity contribution in [2.24, 2.45) is 5.84 Å². The number of fused-ring (bicyclic) bond motifs is 1. The highest BCUT2D eigenvalue weighted by Crippen LogP contribution is 2.30. The molecule has 1 unspecified atom stereocenters. The number of ether oxygens (including phenoxy) is 1. The number of nitrogens with zero attached hydrogens (tertiary/aromatic N) is 3. The number of amides is 1. The van der Waals surface area contributed by atoms with Gasteiger partial charge in [-0.2, -0.15) is 4.98 Å². The molecule has 21 heavy (non-hydrogen) atoms. The molecule has 2 aromatic rings. The topological polar surface area (TPSA) is 102 Å². The normalized spacial score (nSPS) is 12.2. The van der Waals surface area contributed by atoms with Crippen molar-refractivity contribution in [2.75, 3.05) is 12.1 Å². The van der Waals surface area contributed by atoms with E-state index in [1.807, 2.05) is 0 Å². The van der Waals surface area contributed by atoms with Crippen LogP contribution in [0.25, 0.3) is 10.9 Å². The molecule has 0 radical (unpaired) electrons. The Morgan fingerprint density at radius 1 is 1.52 bits per heavy atom. The van der Waals surface area contributed by atoms with Gasteiger partial charge >= 0.3 is 0 Å². The summed E-state index contributed by atoms with van der Waals surface area (Å²) in [7, 11) is 1.50. The van der Waals surface area contributed by atoms with Crippen LogP contribution in [0, 0.1) is 0 Å². The Morgan fingerprint density at radius 2 is 2.24 bits per heavy atom. The van der Waals surface area contributed by atoms with Crippen molar-refractivity contribution in [1.29, 1.82) is 0 Å². The monoisotopic (exact) mass is 310 g/mol. The third-order valence-corrected chi connectivity index (χ3v) is 3.00. The highest BCUT2D eigenvalue weighted by Gasteiger charge is 2.20. The minimum Gasteiger partial charge on any atom is -0.494 e. The summed E-state index contributed by atoms with van der Waals surface area (Å²) >= 11 is 5.89. The molecule has 3 N–H and O–H groups in total. The van der Waals surface area contributed by atoms with E-state index >= 15 is 0 Å². The predicted octanol–water partition coefficient (Wildman–Crippen LogP) is 1.27. The average molecular weight is 311 g/mol. The number of para-hydroxylation sites is 1. The van der Waals surface area contributed by atoms with Gasteiger partial charge in [-0.3, -0.25) is 4.79 Å². The molecular formula is C13H15ClN4O3. The van der Waals surface area contributed by atoms with E-state index in [0.717, 1.165) is 5.01 Å². The average Bonchev–Trinajstić information content (AvgIpc) is 2.44. The van der Waals surface area contributed by atoms with Gasteiger partial charge in [0.1, 0.15) is 11.3 Å². The molecule has 0 spiro atoms. The Labute approximate surface area is 126 Å². The number of aromatic nitrogens is 2. The molecule has 0 aliphatic carbocycles. The summed E-state index contributed by atoms with van der Waals surface area (Å²) in [6.07, 6.45) is -0.925. The summed E-state index contributed by atoms with van der Waals surface area (Å²) in [6, 6.07) is 5.15. The van der Waals surface area contributed by atoms with Crippen LogP contribution in [0.3, 0.4) is 0 Å². The molecule has 8 heteroatoms. The van der Waals surface area contributed by atoms with E-state index in [1.165, 1.54) is 14.0 Å². The Hall–Kier alpha value is -1.96. The molecule has 0 bridgehead atoms. The molecule has 0 aliphatic rings. The number of halogens is 1. The minimum absolute atomic E-state index is 0.0534. The van der Waals surface area contributed by atoms with Gasteiger partial charge in [-0.15, -0.1) is 0 Å². The van der Waals surface area contributed by atoms with Gasteiger partial charge in [0, 0.05) is 5.39 Å². The SMILES string of the molecule is COc1cccc2c(N(N)C(=O)CC(C)O)nc(Cl)nc12. The van der Waals surface area contributed by atoms with Gasteiger partial charge in [0.2, 0.25) is 11.2 Å². The number of hydrogen-bond donors (Lipinski definition) is 2. The summed E-state index contributed by atoms with van der Waals surface area (Å²) < 4.78 is 5.21. The second kappa shape index (κ2) is 6.21. The fourth-order valence-electron chi connectivity index (χ4n) is 1.90. The molecular weight excluding hydrogens is 296 g/mol. The third kappa shape index (κ3) is 3.21. The van der Waals surface area contributed by atoms with E-state index in [0.29, 0.717) is 16.7 Å². The number of aliphatic hydroxyl groups excluding tert-OH is 1. The maximum absolute atomic E-state index is 12.0. The van der Waals surface area contributed by atoms with E-state index in [9.17, 15) is 9.90 Å². The molecule has 1 atom stereocenters. The first kappa shape index (κ1) is 15.4. The Kier molecular flexibility index (Phi) is 4.56. The van der Waals surface area contributed by atoms with Gasteiger partial charge in [-0.1, -0.05) is 6.07 Å². The highest BCUT2D eigenvalue weighted by molar-refractivity contribution is 6.29. The molecule has 1 aromatic carbocycles. The van der Waals surface area contributed by atoms with Gasteiger partial charge in [-0.25, -0.2) is 15.8 Å². The van der Waals surface area contributed by atoms with Gasteiger partial charge in [0.15, 0.2) is 5.82 Å². The molecule has 0 aliphatic heterocycles. The zero-order valence-corrected chi connectivity index (χ0v) is 12.3. The number of benzene rings is 1. The van der Waals surface area contributed by atoms with Crippen LogP contribution >= 0.6 is 11.6 Å². The lowest BCUT2D eigenvalue weighted by Gasteiger charge is -2.18. The number of rotatable bonds is 4. The smallest absolute Gasteiger partial charge is 0.245 e. The maximum Gasteiger partial charge on any atom is 0.245 e. The summed E-state index contributed by atoms with van der Waals surface area (Å²) in [5, 5.41) is 10.6. The second-order valence-corrected chi connectivity index (χ2v) is 4.83.